The molecule has 1 heterocycles. The van der Waals surface area contributed by atoms with E-state index in [-0.39, 0.29) is 79.0 Å². The number of nitrogens with one attached hydrogen (secondary N) is 1. The summed E-state index contributed by atoms with van der Waals surface area (Å²) in [6.07, 6.45) is 3.31. The molecule has 0 saturated carbocycles. The number of phenolic OH excluding ortho intramolecular Hbond substituents is 1. The lowest BCUT2D eigenvalue weighted by atomic mass is 9.83. The molecule has 2 rings (SSSR count). The summed E-state index contributed by atoms with van der Waals surface area (Å²) in [4.78, 5) is 74.1. The van der Waals surface area contributed by atoms with Crippen LogP contribution < -0.4 is 5.32 Å². The van der Waals surface area contributed by atoms with Gasteiger partial charge in [-0.25, -0.2) is 4.98 Å². The molecule has 7 atom stereocenters. The van der Waals surface area contributed by atoms with E-state index in [9.17, 15) is 34.2 Å². The second-order valence-electron chi connectivity index (χ2n) is 15.3. The van der Waals surface area contributed by atoms with Crippen LogP contribution in [-0.2, 0) is 30.3 Å². The number of carbonyl (C=O) groups is 5. The van der Waals surface area contributed by atoms with Crippen molar-refractivity contribution in [3.8, 4) is 5.75 Å². The quantitative estimate of drug-likeness (QED) is 0.0754. The van der Waals surface area contributed by atoms with E-state index in [0.29, 0.717) is 37.1 Å². The van der Waals surface area contributed by atoms with Crippen LogP contribution in [0.5, 0.6) is 5.75 Å². The third-order valence-electron chi connectivity index (χ3n) is 10.3. The highest BCUT2D eigenvalue weighted by Gasteiger charge is 2.38. The highest BCUT2D eigenvalue weighted by Crippen LogP contribution is 2.32. The van der Waals surface area contributed by atoms with Gasteiger partial charge in [0, 0.05) is 42.1 Å². The number of carboxylic acid groups (broad SMARTS) is 1. The Kier molecular flexibility index (Phi) is 19.3. The minimum Gasteiger partial charge on any atom is -0.508 e. The number of nitrogens with zero attached hydrogens (tertiary/aromatic N) is 3. The van der Waals surface area contributed by atoms with E-state index in [4.69, 9.17) is 9.72 Å². The molecule has 2 aromatic rings. The van der Waals surface area contributed by atoms with Gasteiger partial charge in [0.05, 0.1) is 17.0 Å². The lowest BCUT2D eigenvalue weighted by Gasteiger charge is -2.38. The largest absolute Gasteiger partial charge is 0.508 e. The molecule has 0 bridgehead atoms. The Hall–Kier alpha value is -3.84. The summed E-state index contributed by atoms with van der Waals surface area (Å²) in [6, 6.07) is 5.41. The van der Waals surface area contributed by atoms with E-state index in [2.05, 4.69) is 5.32 Å². The van der Waals surface area contributed by atoms with Crippen LogP contribution in [0, 0.1) is 23.7 Å². The highest BCUT2D eigenvalue weighted by molar-refractivity contribution is 7.09. The number of hydrogen-bond donors (Lipinski definition) is 3. The van der Waals surface area contributed by atoms with Gasteiger partial charge in [0.15, 0.2) is 12.5 Å². The van der Waals surface area contributed by atoms with Crippen LogP contribution >= 0.6 is 11.3 Å². The maximum Gasteiger partial charge on any atom is 0.307 e. The maximum absolute atomic E-state index is 14.6. The monoisotopic (exact) mass is 772 g/mol. The number of benzene rings is 1. The number of hydrogen-bond acceptors (Lipinski definition) is 10. The van der Waals surface area contributed by atoms with Gasteiger partial charge in [-0.1, -0.05) is 73.9 Å². The van der Waals surface area contributed by atoms with Gasteiger partial charge in [-0.2, -0.15) is 0 Å². The first-order chi connectivity index (χ1) is 25.4. The number of aliphatic carboxylic acids is 1. The van der Waals surface area contributed by atoms with E-state index < -0.39 is 35.7 Å². The molecule has 0 spiro atoms. The van der Waals surface area contributed by atoms with Crippen LogP contribution in [-0.4, -0.2) is 93.5 Å². The van der Waals surface area contributed by atoms with Crippen molar-refractivity contribution in [2.45, 2.75) is 131 Å². The number of phenols is 1. The smallest absolute Gasteiger partial charge is 0.307 e. The zero-order valence-corrected chi connectivity index (χ0v) is 34.8. The fourth-order valence-corrected chi connectivity index (χ4v) is 7.61. The lowest BCUT2D eigenvalue weighted by molar-refractivity contribution is -0.160. The van der Waals surface area contributed by atoms with Crippen molar-refractivity contribution in [3.05, 3.63) is 45.9 Å². The number of ether oxygens (including phenoxy) is 1. The van der Waals surface area contributed by atoms with Gasteiger partial charge in [-0.05, 0) is 75.7 Å². The summed E-state index contributed by atoms with van der Waals surface area (Å²) in [5, 5.41) is 24.6. The van der Waals surface area contributed by atoms with Crippen molar-refractivity contribution in [3.63, 3.8) is 0 Å². The van der Waals surface area contributed by atoms with Crippen molar-refractivity contribution >= 4 is 40.9 Å². The number of amides is 2. The Balaban J connectivity index is 2.38. The second kappa shape index (κ2) is 22.5. The number of aromatic nitrogens is 1. The number of likely N-dealkylation sites (N-methyl/N-ethyl adjacent to an activating group) is 1. The van der Waals surface area contributed by atoms with Crippen LogP contribution in [0.1, 0.15) is 127 Å². The van der Waals surface area contributed by atoms with Gasteiger partial charge in [-0.15, -0.1) is 11.3 Å². The number of carbonyl (C=O) groups excluding carboxylic acids is 4. The van der Waals surface area contributed by atoms with Crippen LogP contribution in [0.3, 0.4) is 0 Å². The number of aromatic hydroxyl groups is 1. The van der Waals surface area contributed by atoms with E-state index in [0.717, 1.165) is 5.56 Å². The number of esters is 1. The Morgan fingerprint density at radius 2 is 1.59 bits per heavy atom. The number of Topliss-reactive ketones (excluding diaryl/α,β-unsaturated/α-hetero) is 1. The number of ketones is 1. The third kappa shape index (κ3) is 14.1. The predicted molar refractivity (Wildman–Crippen MR) is 211 cm³/mol. The summed E-state index contributed by atoms with van der Waals surface area (Å²) in [6.45, 7) is 15.2. The molecule has 0 radical (unpaired) electrons. The average Bonchev–Trinajstić information content (AvgIpc) is 3.61. The minimum absolute atomic E-state index is 0.00913. The van der Waals surface area contributed by atoms with E-state index in [1.54, 1.807) is 41.5 Å². The normalized spacial score (nSPS) is 15.5. The zero-order chi connectivity index (χ0) is 40.7. The molecule has 0 aliphatic heterocycles. The Labute approximate surface area is 326 Å². The molecule has 302 valence electrons. The van der Waals surface area contributed by atoms with Crippen LogP contribution in [0.2, 0.25) is 0 Å². The van der Waals surface area contributed by atoms with Crippen molar-refractivity contribution in [2.24, 2.45) is 23.7 Å². The van der Waals surface area contributed by atoms with Crippen molar-refractivity contribution in [2.75, 3.05) is 20.8 Å². The van der Waals surface area contributed by atoms with E-state index in [1.807, 2.05) is 67.5 Å². The number of rotatable bonds is 24. The van der Waals surface area contributed by atoms with Gasteiger partial charge in [0.2, 0.25) is 5.91 Å². The standard InChI is InChI=1S/C41H64N4O8S/c1-11-14-37(48)53-24-45(40(50)32(26(6)12-2)22-36(47)34(13-3)44(9)10)35(25(4)5)20-27(7)39-43-33(23-54-39)38(49)42-30(19-28(8)41(51)52)21-29-15-17-31(46)18-16-29/h15-18,23,25-28,30,32,34-35,46H,11-14,19-22,24H2,1-10H3,(H,42,49)(H,51,52)/t26?,27-,28+,30-,32+,34-,35-/m0/s1. The maximum atomic E-state index is 14.6. The third-order valence-corrected chi connectivity index (χ3v) is 11.4. The number of thiazole rings is 1. The summed E-state index contributed by atoms with van der Waals surface area (Å²) < 4.78 is 5.68. The van der Waals surface area contributed by atoms with E-state index in [1.165, 1.54) is 11.3 Å². The molecule has 13 heteroatoms. The van der Waals surface area contributed by atoms with Crippen molar-refractivity contribution in [1.29, 1.82) is 0 Å². The highest BCUT2D eigenvalue weighted by atomic mass is 32.1. The molecule has 0 fully saturated rings. The van der Waals surface area contributed by atoms with E-state index >= 15 is 0 Å². The summed E-state index contributed by atoms with van der Waals surface area (Å²) >= 11 is 1.34. The summed E-state index contributed by atoms with van der Waals surface area (Å²) in [7, 11) is 3.73. The first kappa shape index (κ1) is 46.3. The SMILES string of the molecule is CCCC(=O)OCN(C(=O)[C@H](CC(=O)[C@H](CC)N(C)C)C(C)CC)[C@@H](C[C@H](C)c1nc(C(=O)N[C@H](Cc2ccc(O)cc2)C[C@@H](C)C(=O)O)cs1)C(C)C. The number of carboxylic acids is 1. The average molecular weight is 773 g/mol. The first-order valence-corrected chi connectivity index (χ1v) is 20.2. The summed E-state index contributed by atoms with van der Waals surface area (Å²) in [5.41, 5.74) is 1.05. The molecule has 0 saturated heterocycles. The molecule has 1 aromatic carbocycles. The van der Waals surface area contributed by atoms with Gasteiger partial charge in [-0.3, -0.25) is 28.9 Å². The molecule has 0 aliphatic rings. The topological polar surface area (TPSA) is 166 Å². The van der Waals surface area contributed by atoms with Gasteiger partial charge in [0.1, 0.15) is 11.4 Å². The summed E-state index contributed by atoms with van der Waals surface area (Å²) in [5.74, 6) is -3.47. The molecular weight excluding hydrogens is 709 g/mol. The predicted octanol–water partition coefficient (Wildman–Crippen LogP) is 6.91. The Bertz CT molecular complexity index is 1510. The van der Waals surface area contributed by atoms with Gasteiger partial charge < -0.3 is 25.2 Å². The molecule has 54 heavy (non-hydrogen) atoms. The fourth-order valence-electron chi connectivity index (χ4n) is 6.74. The molecule has 0 aliphatic carbocycles. The molecule has 3 N–H and O–H groups in total. The lowest BCUT2D eigenvalue weighted by Crippen LogP contribution is -2.50. The van der Waals surface area contributed by atoms with Crippen LogP contribution in [0.25, 0.3) is 0 Å². The van der Waals surface area contributed by atoms with Gasteiger partial charge in [0.25, 0.3) is 5.91 Å². The second-order valence-corrected chi connectivity index (χ2v) is 16.2. The van der Waals surface area contributed by atoms with Crippen LogP contribution in [0.15, 0.2) is 29.6 Å². The van der Waals surface area contributed by atoms with Crippen molar-refractivity contribution < 1.29 is 38.9 Å². The molecule has 12 nitrogen and oxygen atoms in total. The Morgan fingerprint density at radius 3 is 2.13 bits per heavy atom. The fraction of sp³-hybridized carbons (Fsp3) is 0.659. The van der Waals surface area contributed by atoms with Gasteiger partial charge >= 0.3 is 11.9 Å². The minimum atomic E-state index is -0.960. The first-order valence-electron chi connectivity index (χ1n) is 19.4. The van der Waals surface area contributed by atoms with Crippen LogP contribution in [0.4, 0.5) is 0 Å². The molecular formula is C41H64N4O8S. The molecule has 1 unspecified atom stereocenters. The Morgan fingerprint density at radius 1 is 0.944 bits per heavy atom. The molecule has 2 amide bonds. The van der Waals surface area contributed by atoms with Crippen molar-refractivity contribution in [1.82, 2.24) is 20.1 Å². The zero-order valence-electron chi connectivity index (χ0n) is 34.0. The molecule has 1 aromatic heterocycles.